The zero-order valence-electron chi connectivity index (χ0n) is 14.7. The molecule has 1 fully saturated rings. The van der Waals surface area contributed by atoms with Gasteiger partial charge in [0.2, 0.25) is 5.95 Å². The third-order valence-electron chi connectivity index (χ3n) is 4.83. The average molecular weight is 340 g/mol. The lowest BCUT2D eigenvalue weighted by molar-refractivity contribution is -0.143. The van der Waals surface area contributed by atoms with Crippen molar-refractivity contribution in [3.8, 4) is 0 Å². The van der Waals surface area contributed by atoms with Crippen LogP contribution in [0, 0.1) is 0 Å². The number of amides is 1. The summed E-state index contributed by atoms with van der Waals surface area (Å²) < 4.78 is 5.58. The number of piperidine rings is 1. The molecular weight excluding hydrogens is 316 g/mol. The quantitative estimate of drug-likeness (QED) is 0.903. The zero-order chi connectivity index (χ0) is 17.7. The van der Waals surface area contributed by atoms with Crippen LogP contribution in [0.2, 0.25) is 0 Å². The molecule has 0 radical (unpaired) electrons. The topological polar surface area (TPSA) is 67.3 Å². The Morgan fingerprint density at radius 2 is 1.80 bits per heavy atom. The van der Waals surface area contributed by atoms with E-state index in [4.69, 9.17) is 4.74 Å². The Bertz CT molecular complexity index is 687. The molecule has 1 saturated heterocycles. The largest absolute Gasteiger partial charge is 0.364 e. The lowest BCUT2D eigenvalue weighted by Crippen LogP contribution is -2.51. The molecule has 3 rings (SSSR count). The van der Waals surface area contributed by atoms with Crippen LogP contribution in [-0.4, -0.2) is 42.1 Å². The van der Waals surface area contributed by atoms with Crippen LogP contribution in [0.25, 0.3) is 0 Å². The second kappa shape index (κ2) is 7.61. The normalized spacial score (nSPS) is 17.8. The SMILES string of the molecule is CO[C@](C)(C(=O)NC1CCN(c2ncccn2)CC1)c1ccccc1. The minimum absolute atomic E-state index is 0.101. The summed E-state index contributed by atoms with van der Waals surface area (Å²) in [5.74, 6) is 0.647. The molecule has 1 atom stereocenters. The van der Waals surface area contributed by atoms with Crippen LogP contribution in [0.1, 0.15) is 25.3 Å². The van der Waals surface area contributed by atoms with E-state index in [1.807, 2.05) is 43.3 Å². The van der Waals surface area contributed by atoms with E-state index in [0.717, 1.165) is 37.4 Å². The molecule has 0 spiro atoms. The van der Waals surface area contributed by atoms with Gasteiger partial charge in [-0.2, -0.15) is 0 Å². The van der Waals surface area contributed by atoms with Crippen molar-refractivity contribution >= 4 is 11.9 Å². The number of carbonyl (C=O) groups is 1. The first-order valence-electron chi connectivity index (χ1n) is 8.57. The predicted octanol–water partition coefficient (Wildman–Crippen LogP) is 2.12. The van der Waals surface area contributed by atoms with Gasteiger partial charge in [-0.3, -0.25) is 4.79 Å². The molecule has 0 bridgehead atoms. The van der Waals surface area contributed by atoms with Crippen molar-refractivity contribution in [2.45, 2.75) is 31.4 Å². The lowest BCUT2D eigenvalue weighted by atomic mass is 9.93. The number of aromatic nitrogens is 2. The van der Waals surface area contributed by atoms with E-state index in [1.165, 1.54) is 0 Å². The van der Waals surface area contributed by atoms with Gasteiger partial charge in [-0.25, -0.2) is 9.97 Å². The smallest absolute Gasteiger partial charge is 0.256 e. The highest BCUT2D eigenvalue weighted by atomic mass is 16.5. The molecule has 2 heterocycles. The summed E-state index contributed by atoms with van der Waals surface area (Å²) >= 11 is 0. The fourth-order valence-corrected chi connectivity index (χ4v) is 3.10. The highest BCUT2D eigenvalue weighted by Crippen LogP contribution is 2.25. The van der Waals surface area contributed by atoms with Gasteiger partial charge in [-0.15, -0.1) is 0 Å². The number of ether oxygens (including phenoxy) is 1. The van der Waals surface area contributed by atoms with Crippen molar-refractivity contribution in [1.29, 1.82) is 0 Å². The van der Waals surface area contributed by atoms with Gasteiger partial charge in [-0.05, 0) is 31.4 Å². The number of nitrogens with zero attached hydrogens (tertiary/aromatic N) is 3. The van der Waals surface area contributed by atoms with Crippen LogP contribution in [0.4, 0.5) is 5.95 Å². The van der Waals surface area contributed by atoms with Crippen molar-refractivity contribution in [3.05, 3.63) is 54.4 Å². The Morgan fingerprint density at radius 3 is 2.40 bits per heavy atom. The Morgan fingerprint density at radius 1 is 1.16 bits per heavy atom. The first-order valence-corrected chi connectivity index (χ1v) is 8.57. The summed E-state index contributed by atoms with van der Waals surface area (Å²) in [4.78, 5) is 23.6. The van der Waals surface area contributed by atoms with Crippen molar-refractivity contribution < 1.29 is 9.53 Å². The van der Waals surface area contributed by atoms with E-state index >= 15 is 0 Å². The number of benzene rings is 1. The van der Waals surface area contributed by atoms with Crippen LogP contribution in [0.15, 0.2) is 48.8 Å². The van der Waals surface area contributed by atoms with E-state index < -0.39 is 5.60 Å². The van der Waals surface area contributed by atoms with Gasteiger partial charge in [-0.1, -0.05) is 30.3 Å². The van der Waals surface area contributed by atoms with E-state index in [0.29, 0.717) is 0 Å². The second-order valence-electron chi connectivity index (χ2n) is 6.39. The maximum absolute atomic E-state index is 12.8. The molecule has 6 heteroatoms. The van der Waals surface area contributed by atoms with Gasteiger partial charge in [0.05, 0.1) is 0 Å². The molecule has 1 N–H and O–H groups in total. The molecule has 0 unspecified atom stereocenters. The highest BCUT2D eigenvalue weighted by Gasteiger charge is 2.36. The summed E-state index contributed by atoms with van der Waals surface area (Å²) in [6, 6.07) is 11.5. The minimum atomic E-state index is -0.985. The number of carbonyl (C=O) groups excluding carboxylic acids is 1. The first-order chi connectivity index (χ1) is 12.1. The summed E-state index contributed by atoms with van der Waals surface area (Å²) in [6.07, 6.45) is 5.22. The lowest BCUT2D eigenvalue weighted by Gasteiger charge is -2.35. The molecule has 1 aromatic carbocycles. The Labute approximate surface area is 148 Å². The van der Waals surface area contributed by atoms with Crippen LogP contribution >= 0.6 is 0 Å². The molecule has 2 aromatic rings. The third kappa shape index (κ3) is 3.79. The molecule has 25 heavy (non-hydrogen) atoms. The minimum Gasteiger partial charge on any atom is -0.364 e. The molecule has 1 aliphatic heterocycles. The second-order valence-corrected chi connectivity index (χ2v) is 6.39. The Kier molecular flexibility index (Phi) is 5.28. The highest BCUT2D eigenvalue weighted by molar-refractivity contribution is 5.86. The van der Waals surface area contributed by atoms with Crippen LogP contribution in [0.3, 0.4) is 0 Å². The van der Waals surface area contributed by atoms with Gasteiger partial charge < -0.3 is 15.0 Å². The number of hydrogen-bond donors (Lipinski definition) is 1. The van der Waals surface area contributed by atoms with Gasteiger partial charge in [0, 0.05) is 38.6 Å². The van der Waals surface area contributed by atoms with Gasteiger partial charge in [0.25, 0.3) is 5.91 Å². The average Bonchev–Trinajstić information content (AvgIpc) is 2.69. The monoisotopic (exact) mass is 340 g/mol. The van der Waals surface area contributed by atoms with Crippen LogP contribution in [-0.2, 0) is 15.1 Å². The maximum Gasteiger partial charge on any atom is 0.256 e. The Balaban J connectivity index is 1.60. The van der Waals surface area contributed by atoms with Gasteiger partial charge in [0.1, 0.15) is 0 Å². The standard InChI is InChI=1S/C19H24N4O2/c1-19(25-2,15-7-4-3-5-8-15)17(24)22-16-9-13-23(14-10-16)18-20-11-6-12-21-18/h3-8,11-12,16H,9-10,13-14H2,1-2H3,(H,22,24)/t19-/m0/s1. The van der Waals surface area contributed by atoms with Gasteiger partial charge >= 0.3 is 0 Å². The summed E-state index contributed by atoms with van der Waals surface area (Å²) in [5, 5.41) is 3.15. The van der Waals surface area contributed by atoms with E-state index in [-0.39, 0.29) is 11.9 Å². The van der Waals surface area contributed by atoms with Crippen molar-refractivity contribution in [1.82, 2.24) is 15.3 Å². The summed E-state index contributed by atoms with van der Waals surface area (Å²) in [5.41, 5.74) is -0.133. The van der Waals surface area contributed by atoms with E-state index in [2.05, 4.69) is 20.2 Å². The number of rotatable bonds is 5. The third-order valence-corrected chi connectivity index (χ3v) is 4.83. The predicted molar refractivity (Wildman–Crippen MR) is 96.2 cm³/mol. The Hall–Kier alpha value is -2.47. The zero-order valence-corrected chi connectivity index (χ0v) is 14.7. The fourth-order valence-electron chi connectivity index (χ4n) is 3.10. The van der Waals surface area contributed by atoms with Gasteiger partial charge in [0.15, 0.2) is 5.60 Å². The summed E-state index contributed by atoms with van der Waals surface area (Å²) in [6.45, 7) is 3.46. The number of methoxy groups -OCH3 is 1. The molecule has 1 amide bonds. The van der Waals surface area contributed by atoms with Crippen LogP contribution < -0.4 is 10.2 Å². The van der Waals surface area contributed by atoms with E-state index in [1.54, 1.807) is 19.5 Å². The van der Waals surface area contributed by atoms with Crippen molar-refractivity contribution in [2.75, 3.05) is 25.1 Å². The fraction of sp³-hybridized carbons (Fsp3) is 0.421. The maximum atomic E-state index is 12.8. The molecule has 1 aliphatic rings. The van der Waals surface area contributed by atoms with Crippen LogP contribution in [0.5, 0.6) is 0 Å². The molecular formula is C19H24N4O2. The number of hydrogen-bond acceptors (Lipinski definition) is 5. The van der Waals surface area contributed by atoms with E-state index in [9.17, 15) is 4.79 Å². The first kappa shape index (κ1) is 17.4. The van der Waals surface area contributed by atoms with Crippen molar-refractivity contribution in [3.63, 3.8) is 0 Å². The summed E-state index contributed by atoms with van der Waals surface area (Å²) in [7, 11) is 1.57. The molecule has 0 saturated carbocycles. The van der Waals surface area contributed by atoms with Crippen molar-refractivity contribution in [2.24, 2.45) is 0 Å². The molecule has 6 nitrogen and oxygen atoms in total. The molecule has 1 aromatic heterocycles. The number of anilines is 1. The molecule has 0 aliphatic carbocycles. The number of nitrogens with one attached hydrogen (secondary N) is 1. The molecule has 132 valence electrons.